The lowest BCUT2D eigenvalue weighted by Gasteiger charge is -2.13. The second kappa shape index (κ2) is 10.0. The van der Waals surface area contributed by atoms with Crippen molar-refractivity contribution in [2.45, 2.75) is 0 Å². The zero-order valence-corrected chi connectivity index (χ0v) is 29.1. The van der Waals surface area contributed by atoms with Gasteiger partial charge in [-0.3, -0.25) is 0 Å². The highest BCUT2D eigenvalue weighted by atomic mass is 32.1. The molecule has 0 amide bonds. The Hall–Kier alpha value is -5.52. The predicted molar refractivity (Wildman–Crippen MR) is 213 cm³/mol. The minimum absolute atomic E-state index is 1.02. The van der Waals surface area contributed by atoms with Gasteiger partial charge in [-0.05, 0) is 72.8 Å². The highest BCUT2D eigenvalue weighted by Gasteiger charge is 2.20. The molecule has 50 heavy (non-hydrogen) atoms. The quantitative estimate of drug-likeness (QED) is 0.183. The van der Waals surface area contributed by atoms with Crippen LogP contribution in [-0.2, 0) is 0 Å². The summed E-state index contributed by atoms with van der Waals surface area (Å²) in [5, 5.41) is 6.86. The van der Waals surface area contributed by atoms with Crippen LogP contribution < -0.4 is 0 Å². The normalized spacial score (nSPS) is 12.4. The lowest BCUT2D eigenvalue weighted by Crippen LogP contribution is -2.08. The van der Waals surface area contributed by atoms with Crippen LogP contribution in [-0.4, -0.2) is 29.3 Å². The van der Waals surface area contributed by atoms with Crippen molar-refractivity contribution in [1.82, 2.24) is 29.3 Å². The third-order valence-corrected chi connectivity index (χ3v) is 13.4. The molecule has 234 valence electrons. The van der Waals surface area contributed by atoms with E-state index in [2.05, 4.69) is 129 Å². The lowest BCUT2D eigenvalue weighted by molar-refractivity contribution is 0.775. The summed E-state index contributed by atoms with van der Waals surface area (Å²) >= 11 is 6.77. The Morgan fingerprint density at radius 2 is 0.840 bits per heavy atom. The number of nitrogens with zero attached hydrogens (tertiary/aromatic N) is 6. The molecule has 12 aromatic rings. The Morgan fingerprint density at radius 3 is 1.34 bits per heavy atom. The fourth-order valence-corrected chi connectivity index (χ4v) is 10.7. The molecular weight excluding hydrogens is 693 g/mol. The van der Waals surface area contributed by atoms with Gasteiger partial charge in [0, 0.05) is 32.7 Å². The first-order chi connectivity index (χ1) is 24.7. The number of para-hydroxylation sites is 2. The molecule has 0 aliphatic rings. The van der Waals surface area contributed by atoms with Crippen LogP contribution in [0.4, 0.5) is 0 Å². The highest BCUT2D eigenvalue weighted by Crippen LogP contribution is 2.41. The van der Waals surface area contributed by atoms with Gasteiger partial charge in [0.15, 0.2) is 0 Å². The molecule has 0 atom stereocenters. The van der Waals surface area contributed by atoms with E-state index in [9.17, 15) is 0 Å². The summed E-state index contributed by atoms with van der Waals surface area (Å²) in [5.41, 5.74) is 14.8. The van der Waals surface area contributed by atoms with Crippen molar-refractivity contribution in [3.63, 3.8) is 0 Å². The summed E-state index contributed by atoms with van der Waals surface area (Å²) in [7, 11) is 0. The van der Waals surface area contributed by atoms with E-state index >= 15 is 0 Å². The molecule has 0 N–H and O–H groups in total. The van der Waals surface area contributed by atoms with Crippen molar-refractivity contribution >= 4 is 130 Å². The monoisotopic (exact) mass is 712 g/mol. The van der Waals surface area contributed by atoms with Gasteiger partial charge in [-0.2, -0.15) is 0 Å². The van der Waals surface area contributed by atoms with E-state index < -0.39 is 0 Å². The summed E-state index contributed by atoms with van der Waals surface area (Å²) in [6.45, 7) is 0. The van der Waals surface area contributed by atoms with Crippen LogP contribution in [0.5, 0.6) is 0 Å². The van der Waals surface area contributed by atoms with Crippen LogP contribution in [0.2, 0.25) is 0 Å². The van der Waals surface area contributed by atoms with Crippen molar-refractivity contribution in [3.8, 4) is 21.1 Å². The molecule has 0 aliphatic heterocycles. The average molecular weight is 713 g/mol. The third kappa shape index (κ3) is 3.81. The minimum Gasteiger partial charge on any atom is -0.248 e. The Balaban J connectivity index is 1.07. The number of fused-ring (bicyclic) bond motifs is 10. The van der Waals surface area contributed by atoms with E-state index in [1.165, 1.54) is 30.9 Å². The molecule has 0 radical (unpaired) electrons. The maximum absolute atomic E-state index is 5.07. The van der Waals surface area contributed by atoms with Gasteiger partial charge < -0.3 is 0 Å². The van der Waals surface area contributed by atoms with Gasteiger partial charge in [0.1, 0.15) is 10.0 Å². The van der Waals surface area contributed by atoms with Crippen LogP contribution in [0.15, 0.2) is 120 Å². The fraction of sp³-hybridized carbons (Fsp3) is 0. The summed E-state index contributed by atoms with van der Waals surface area (Å²) in [4.78, 5) is 19.2. The maximum Gasteiger partial charge on any atom is 0.124 e. The first-order valence-corrected chi connectivity index (χ1v) is 19.5. The Bertz CT molecular complexity index is 3030. The van der Waals surface area contributed by atoms with E-state index in [-0.39, 0.29) is 0 Å². The highest BCUT2D eigenvalue weighted by molar-refractivity contribution is 7.22. The number of hydrogen-bond acceptors (Lipinski definition) is 8. The summed E-state index contributed by atoms with van der Waals surface area (Å²) in [6, 6.07) is 39.7. The number of thiazole rings is 4. The van der Waals surface area contributed by atoms with E-state index in [0.717, 1.165) is 74.7 Å². The number of aromatic nitrogens is 6. The van der Waals surface area contributed by atoms with Crippen LogP contribution in [0.1, 0.15) is 0 Å². The van der Waals surface area contributed by atoms with Gasteiger partial charge in [-0.25, -0.2) is 29.3 Å². The van der Waals surface area contributed by atoms with Gasteiger partial charge in [-0.15, -0.1) is 45.3 Å². The van der Waals surface area contributed by atoms with E-state index in [1.807, 2.05) is 11.0 Å². The zero-order valence-electron chi connectivity index (χ0n) is 25.9. The molecular formula is C40H20N6S4. The van der Waals surface area contributed by atoms with Gasteiger partial charge in [0.05, 0.1) is 74.0 Å². The second-order valence-corrected chi connectivity index (χ2v) is 16.3. The van der Waals surface area contributed by atoms with Crippen molar-refractivity contribution < 1.29 is 0 Å². The summed E-state index contributed by atoms with van der Waals surface area (Å²) in [5.74, 6) is 0. The van der Waals surface area contributed by atoms with Crippen LogP contribution >= 0.6 is 45.3 Å². The molecule has 0 bridgehead atoms. The molecule has 6 heterocycles. The largest absolute Gasteiger partial charge is 0.248 e. The average Bonchev–Trinajstić information content (AvgIpc) is 4.01. The number of rotatable bonds is 3. The second-order valence-electron chi connectivity index (χ2n) is 12.4. The fourth-order valence-electron chi connectivity index (χ4n) is 7.41. The lowest BCUT2D eigenvalue weighted by atomic mass is 10.1. The first kappa shape index (κ1) is 27.3. The predicted octanol–water partition coefficient (Wildman–Crippen LogP) is 12.0. The molecule has 0 spiro atoms. The molecule has 6 nitrogen and oxygen atoms in total. The smallest absolute Gasteiger partial charge is 0.124 e. The molecule has 0 unspecified atom stereocenters. The summed E-state index contributed by atoms with van der Waals surface area (Å²) in [6.07, 6.45) is 0. The molecule has 10 heteroatoms. The van der Waals surface area contributed by atoms with Crippen molar-refractivity contribution in [1.29, 1.82) is 0 Å². The topological polar surface area (TPSA) is 61.4 Å². The van der Waals surface area contributed by atoms with Crippen molar-refractivity contribution in [3.05, 3.63) is 120 Å². The zero-order chi connectivity index (χ0) is 32.5. The molecule has 0 fully saturated rings. The van der Waals surface area contributed by atoms with Crippen LogP contribution in [0, 0.1) is 0 Å². The molecule has 6 aromatic carbocycles. The van der Waals surface area contributed by atoms with Crippen LogP contribution in [0.25, 0.3) is 106 Å². The molecule has 0 saturated carbocycles. The maximum atomic E-state index is 5.07. The standard InChI is InChI=1S/C40H20N6S4/c1-3-7-31-23(5-1)25-13-21(39-43-29-17-35-27(41-19-47-35)15-37(29)49-39)9-11-33(25)45(31)46-32-8-4-2-6-24(32)26-14-22(10-12-34(26)46)40-44-30-18-36-28(42-20-48-36)16-38(30)50-40/h1-20H. The van der Waals surface area contributed by atoms with Crippen molar-refractivity contribution in [2.75, 3.05) is 0 Å². The Morgan fingerprint density at radius 1 is 0.400 bits per heavy atom. The number of benzene rings is 6. The van der Waals surface area contributed by atoms with E-state index in [1.54, 1.807) is 45.3 Å². The van der Waals surface area contributed by atoms with Crippen molar-refractivity contribution in [2.24, 2.45) is 0 Å². The minimum atomic E-state index is 1.02. The Kier molecular flexibility index (Phi) is 5.48. The van der Waals surface area contributed by atoms with Gasteiger partial charge in [-0.1, -0.05) is 36.4 Å². The summed E-state index contributed by atoms with van der Waals surface area (Å²) < 4.78 is 9.43. The van der Waals surface area contributed by atoms with E-state index in [4.69, 9.17) is 9.97 Å². The number of hydrogen-bond donors (Lipinski definition) is 0. The van der Waals surface area contributed by atoms with E-state index in [0.29, 0.717) is 0 Å². The van der Waals surface area contributed by atoms with Gasteiger partial charge in [0.25, 0.3) is 0 Å². The Labute approximate surface area is 298 Å². The van der Waals surface area contributed by atoms with Crippen LogP contribution in [0.3, 0.4) is 0 Å². The molecule has 12 rings (SSSR count). The first-order valence-electron chi connectivity index (χ1n) is 16.1. The molecule has 0 saturated heterocycles. The SMILES string of the molecule is c1ccc2c(c1)c1cc(-c3nc4cc5scnc5cc4s3)ccc1n2-n1c2ccccc2c2cc(-c3nc4cc5scnc5cc4s3)ccc21. The van der Waals surface area contributed by atoms with Gasteiger partial charge in [0.2, 0.25) is 0 Å². The third-order valence-electron chi connectivity index (χ3n) is 9.67. The molecule has 0 aliphatic carbocycles. The van der Waals surface area contributed by atoms with Gasteiger partial charge >= 0.3 is 0 Å². The molecule has 6 aromatic heterocycles.